The Morgan fingerprint density at radius 2 is 2.19 bits per heavy atom. The molecule has 7 nitrogen and oxygen atoms in total. The van der Waals surface area contributed by atoms with Crippen molar-refractivity contribution in [3.8, 4) is 0 Å². The molecule has 0 saturated carbocycles. The maximum absolute atomic E-state index is 10.5. The number of rotatable bonds is 7. The van der Waals surface area contributed by atoms with Gasteiger partial charge in [-0.25, -0.2) is 4.68 Å². The third-order valence-electron chi connectivity index (χ3n) is 2.21. The van der Waals surface area contributed by atoms with Gasteiger partial charge in [0.1, 0.15) is 0 Å². The summed E-state index contributed by atoms with van der Waals surface area (Å²) >= 11 is 0. The van der Waals surface area contributed by atoms with Crippen LogP contribution in [-0.4, -0.2) is 44.3 Å². The number of aliphatic hydroxyl groups excluding tert-OH is 2. The molecular formula is C9H16N4O3. The van der Waals surface area contributed by atoms with Gasteiger partial charge in [0.25, 0.3) is 0 Å². The molecular weight excluding hydrogens is 212 g/mol. The summed E-state index contributed by atoms with van der Waals surface area (Å²) in [5.74, 6) is -0.337. The van der Waals surface area contributed by atoms with E-state index in [1.54, 1.807) is 6.20 Å². The monoisotopic (exact) mass is 228 g/mol. The van der Waals surface area contributed by atoms with Gasteiger partial charge in [-0.2, -0.15) is 0 Å². The van der Waals surface area contributed by atoms with Crippen LogP contribution in [0.5, 0.6) is 0 Å². The van der Waals surface area contributed by atoms with Gasteiger partial charge in [0.05, 0.1) is 24.9 Å². The van der Waals surface area contributed by atoms with Crippen molar-refractivity contribution in [2.75, 3.05) is 13.2 Å². The van der Waals surface area contributed by atoms with Crippen LogP contribution in [0.4, 0.5) is 0 Å². The van der Waals surface area contributed by atoms with Crippen LogP contribution in [0.15, 0.2) is 6.20 Å². The Kier molecular flexibility index (Phi) is 4.87. The molecule has 1 amide bonds. The van der Waals surface area contributed by atoms with Crippen LogP contribution in [0.2, 0.25) is 0 Å². The fourth-order valence-electron chi connectivity index (χ4n) is 1.28. The Labute approximate surface area is 92.9 Å². The van der Waals surface area contributed by atoms with Crippen LogP contribution in [-0.2, 0) is 11.2 Å². The van der Waals surface area contributed by atoms with Crippen LogP contribution in [0.25, 0.3) is 0 Å². The molecule has 1 heterocycles. The predicted molar refractivity (Wildman–Crippen MR) is 55.4 cm³/mol. The standard InChI is InChI=1S/C9H16N4O3/c10-9(16)3-1-2-7-4-13(12-11-7)8(5-14)6-15/h4,8,14-15H,1-3,5-6H2,(H2,10,16). The van der Waals surface area contributed by atoms with E-state index in [1.807, 2.05) is 0 Å². The van der Waals surface area contributed by atoms with Gasteiger partial charge < -0.3 is 15.9 Å². The minimum absolute atomic E-state index is 0.194. The van der Waals surface area contributed by atoms with Crippen LogP contribution in [0, 0.1) is 0 Å². The van der Waals surface area contributed by atoms with Gasteiger partial charge in [0, 0.05) is 12.6 Å². The number of primary amides is 1. The van der Waals surface area contributed by atoms with Gasteiger partial charge in [-0.3, -0.25) is 4.79 Å². The maximum Gasteiger partial charge on any atom is 0.217 e. The zero-order chi connectivity index (χ0) is 12.0. The molecule has 4 N–H and O–H groups in total. The summed E-state index contributed by atoms with van der Waals surface area (Å²) in [6, 6.07) is -0.461. The fourth-order valence-corrected chi connectivity index (χ4v) is 1.28. The summed E-state index contributed by atoms with van der Waals surface area (Å²) in [6.07, 6.45) is 3.19. The number of carbonyl (C=O) groups excluding carboxylic acids is 1. The van der Waals surface area contributed by atoms with Crippen LogP contribution in [0.3, 0.4) is 0 Å². The predicted octanol–water partition coefficient (Wildman–Crippen LogP) is -1.39. The summed E-state index contributed by atoms with van der Waals surface area (Å²) in [4.78, 5) is 10.5. The number of amides is 1. The third-order valence-corrected chi connectivity index (χ3v) is 2.21. The molecule has 0 saturated heterocycles. The van der Waals surface area contributed by atoms with E-state index in [0.29, 0.717) is 25.0 Å². The smallest absolute Gasteiger partial charge is 0.217 e. The molecule has 7 heteroatoms. The minimum atomic E-state index is -0.461. The van der Waals surface area contributed by atoms with Gasteiger partial charge >= 0.3 is 0 Å². The van der Waals surface area contributed by atoms with Crippen molar-refractivity contribution < 1.29 is 15.0 Å². The molecule has 1 aromatic rings. The van der Waals surface area contributed by atoms with E-state index >= 15 is 0 Å². The zero-order valence-corrected chi connectivity index (χ0v) is 8.91. The second kappa shape index (κ2) is 6.19. The van der Waals surface area contributed by atoms with Crippen LogP contribution < -0.4 is 5.73 Å². The highest BCUT2D eigenvalue weighted by atomic mass is 16.3. The highest BCUT2D eigenvalue weighted by molar-refractivity contribution is 5.73. The van der Waals surface area contributed by atoms with Crippen molar-refractivity contribution in [2.24, 2.45) is 5.73 Å². The van der Waals surface area contributed by atoms with Crippen molar-refractivity contribution in [2.45, 2.75) is 25.3 Å². The number of aryl methyl sites for hydroxylation is 1. The molecule has 1 aromatic heterocycles. The van der Waals surface area contributed by atoms with E-state index in [9.17, 15) is 4.79 Å². The lowest BCUT2D eigenvalue weighted by Gasteiger charge is -2.09. The second-order valence-electron chi connectivity index (χ2n) is 3.53. The lowest BCUT2D eigenvalue weighted by atomic mass is 10.2. The Morgan fingerprint density at radius 3 is 2.75 bits per heavy atom. The lowest BCUT2D eigenvalue weighted by Crippen LogP contribution is -2.17. The molecule has 16 heavy (non-hydrogen) atoms. The summed E-state index contributed by atoms with van der Waals surface area (Å²) in [7, 11) is 0. The summed E-state index contributed by atoms with van der Waals surface area (Å²) in [6.45, 7) is -0.388. The van der Waals surface area contributed by atoms with Gasteiger partial charge in [-0.05, 0) is 12.8 Å². The van der Waals surface area contributed by atoms with Gasteiger partial charge in [-0.1, -0.05) is 5.21 Å². The number of aromatic nitrogens is 3. The Bertz CT molecular complexity index is 335. The average Bonchev–Trinajstić information content (AvgIpc) is 2.68. The molecule has 0 atom stereocenters. The van der Waals surface area contributed by atoms with E-state index in [2.05, 4.69) is 10.3 Å². The van der Waals surface area contributed by atoms with Crippen LogP contribution >= 0.6 is 0 Å². The van der Waals surface area contributed by atoms with Crippen molar-refractivity contribution in [3.63, 3.8) is 0 Å². The largest absolute Gasteiger partial charge is 0.394 e. The quantitative estimate of drug-likeness (QED) is 0.531. The molecule has 0 bridgehead atoms. The molecule has 0 aliphatic carbocycles. The molecule has 0 spiro atoms. The maximum atomic E-state index is 10.5. The first-order valence-corrected chi connectivity index (χ1v) is 5.08. The topological polar surface area (TPSA) is 114 Å². The summed E-state index contributed by atoms with van der Waals surface area (Å²) < 4.78 is 1.42. The number of hydrogen-bond donors (Lipinski definition) is 3. The van der Waals surface area contributed by atoms with E-state index < -0.39 is 6.04 Å². The Morgan fingerprint density at radius 1 is 1.50 bits per heavy atom. The molecule has 0 radical (unpaired) electrons. The first-order valence-electron chi connectivity index (χ1n) is 5.08. The van der Waals surface area contributed by atoms with Crippen LogP contribution in [0.1, 0.15) is 24.6 Å². The van der Waals surface area contributed by atoms with Gasteiger partial charge in [0.15, 0.2) is 0 Å². The molecule has 1 rings (SSSR count). The minimum Gasteiger partial charge on any atom is -0.394 e. The average molecular weight is 228 g/mol. The summed E-state index contributed by atoms with van der Waals surface area (Å²) in [5, 5.41) is 25.5. The Hall–Kier alpha value is -1.47. The fraction of sp³-hybridized carbons (Fsp3) is 0.667. The van der Waals surface area contributed by atoms with Crippen molar-refractivity contribution in [1.82, 2.24) is 15.0 Å². The van der Waals surface area contributed by atoms with Crippen molar-refractivity contribution in [1.29, 1.82) is 0 Å². The number of aliphatic hydroxyl groups is 2. The SMILES string of the molecule is NC(=O)CCCc1cn(C(CO)CO)nn1. The normalized spacial score (nSPS) is 10.9. The molecule has 0 fully saturated rings. The van der Waals surface area contributed by atoms with E-state index in [-0.39, 0.29) is 19.1 Å². The molecule has 0 aromatic carbocycles. The first-order chi connectivity index (χ1) is 7.67. The lowest BCUT2D eigenvalue weighted by molar-refractivity contribution is -0.118. The van der Waals surface area contributed by atoms with E-state index in [1.165, 1.54) is 4.68 Å². The molecule has 0 aliphatic rings. The van der Waals surface area contributed by atoms with E-state index in [4.69, 9.17) is 15.9 Å². The molecule has 90 valence electrons. The second-order valence-corrected chi connectivity index (χ2v) is 3.53. The van der Waals surface area contributed by atoms with E-state index in [0.717, 1.165) is 0 Å². The van der Waals surface area contributed by atoms with Crippen molar-refractivity contribution >= 4 is 5.91 Å². The van der Waals surface area contributed by atoms with Gasteiger partial charge in [0.2, 0.25) is 5.91 Å². The van der Waals surface area contributed by atoms with Gasteiger partial charge in [-0.15, -0.1) is 5.10 Å². The molecule has 0 aliphatic heterocycles. The zero-order valence-electron chi connectivity index (χ0n) is 8.91. The number of carbonyl (C=O) groups is 1. The number of nitrogens with two attached hydrogens (primary N) is 1. The highest BCUT2D eigenvalue weighted by Crippen LogP contribution is 2.06. The first kappa shape index (κ1) is 12.6. The van der Waals surface area contributed by atoms with Crippen molar-refractivity contribution in [3.05, 3.63) is 11.9 Å². The third kappa shape index (κ3) is 3.59. The molecule has 0 unspecified atom stereocenters. The highest BCUT2D eigenvalue weighted by Gasteiger charge is 2.10. The number of nitrogens with zero attached hydrogens (tertiary/aromatic N) is 3. The Balaban J connectivity index is 2.47. The number of hydrogen-bond acceptors (Lipinski definition) is 5. The summed E-state index contributed by atoms with van der Waals surface area (Å²) in [5.41, 5.74) is 5.72.